The highest BCUT2D eigenvalue weighted by Crippen LogP contribution is 2.45. The molecule has 0 aliphatic heterocycles. The zero-order chi connectivity index (χ0) is 78.3. The smallest absolute Gasteiger partial charge is 0.462 e. The van der Waals surface area contributed by atoms with Crippen molar-refractivity contribution in [3.63, 3.8) is 0 Å². The number of aliphatic hydroxyl groups is 1. The Kier molecular flexibility index (Phi) is 79.2. The lowest BCUT2D eigenvalue weighted by Crippen LogP contribution is -2.30. The molecule has 3 N–H and O–H groups in total. The van der Waals surface area contributed by atoms with Crippen molar-refractivity contribution < 1.29 is 80.2 Å². The third kappa shape index (κ3) is 80.5. The first-order valence-corrected chi connectivity index (χ1v) is 48.7. The molecule has 6 atom stereocenters. The summed E-state index contributed by atoms with van der Waals surface area (Å²) in [5.74, 6) is -1.37. The summed E-state index contributed by atoms with van der Waals surface area (Å²) in [4.78, 5) is 73.3. The molecule has 0 bridgehead atoms. The predicted molar refractivity (Wildman–Crippen MR) is 442 cm³/mol. The Labute approximate surface area is 658 Å². The molecule has 17 nitrogen and oxygen atoms in total. The van der Waals surface area contributed by atoms with Crippen LogP contribution in [0.4, 0.5) is 0 Å². The van der Waals surface area contributed by atoms with Crippen molar-refractivity contribution >= 4 is 39.5 Å². The summed E-state index contributed by atoms with van der Waals surface area (Å²) in [7, 11) is -9.93. The maximum Gasteiger partial charge on any atom is 0.472 e. The van der Waals surface area contributed by atoms with Gasteiger partial charge in [0.1, 0.15) is 19.3 Å². The van der Waals surface area contributed by atoms with Crippen LogP contribution in [-0.2, 0) is 65.4 Å². The molecule has 0 rings (SSSR count). The van der Waals surface area contributed by atoms with Crippen molar-refractivity contribution in [3.8, 4) is 0 Å². The number of phosphoric acid groups is 2. The van der Waals surface area contributed by atoms with Crippen molar-refractivity contribution in [2.75, 3.05) is 39.6 Å². The topological polar surface area (TPSA) is 237 Å². The van der Waals surface area contributed by atoms with Gasteiger partial charge in [-0.05, 0) is 31.6 Å². The van der Waals surface area contributed by atoms with Crippen molar-refractivity contribution in [1.82, 2.24) is 0 Å². The number of ether oxygens (including phenoxy) is 4. The lowest BCUT2D eigenvalue weighted by atomic mass is 10.00. The maximum atomic E-state index is 13.2. The van der Waals surface area contributed by atoms with Crippen molar-refractivity contribution in [2.45, 2.75) is 496 Å². The molecular formula is C88H172O17P2. The van der Waals surface area contributed by atoms with E-state index in [0.717, 1.165) is 102 Å². The number of hydrogen-bond acceptors (Lipinski definition) is 15. The first-order valence-electron chi connectivity index (χ1n) is 45.7. The highest BCUT2D eigenvalue weighted by molar-refractivity contribution is 7.47. The fourth-order valence-corrected chi connectivity index (χ4v) is 15.4. The second-order valence-corrected chi connectivity index (χ2v) is 34.8. The third-order valence-electron chi connectivity index (χ3n) is 21.1. The molecule has 107 heavy (non-hydrogen) atoms. The molecule has 0 aromatic rings. The van der Waals surface area contributed by atoms with Gasteiger partial charge in [-0.15, -0.1) is 0 Å². The van der Waals surface area contributed by atoms with Gasteiger partial charge in [-0.1, -0.05) is 426 Å². The molecule has 636 valence electrons. The van der Waals surface area contributed by atoms with Crippen LogP contribution in [0, 0.1) is 5.92 Å². The molecule has 0 spiro atoms. The standard InChI is InChI=1S/C88H172O17P2/c1-6-10-13-16-19-22-25-28-31-34-36-37-38-39-42-45-48-51-54-57-64-68-73-87(92)104-83(77-98-85(90)71-66-61-55-52-49-46-43-41-35-32-29-26-23-20-17-14-11-7-2)79-102-106(94,95)100-75-82(89)76-101-107(96,97)103-80-84(78-99-86(91)72-67-62-59-58-60-65-70-81(5)9-4)105-88(93)74-69-63-56-53-50-47-44-40-33-30-27-24-21-18-15-12-8-3/h81-84,89H,6-80H2,1-5H3,(H,94,95)(H,96,97)/t81?,82-,83-,84-/m1/s1. The average Bonchev–Trinajstić information content (AvgIpc) is 0.947. The van der Waals surface area contributed by atoms with Crippen LogP contribution in [-0.4, -0.2) is 96.7 Å². The number of unbranched alkanes of at least 4 members (excludes halogenated alkanes) is 59. The van der Waals surface area contributed by atoms with Crippen LogP contribution >= 0.6 is 15.6 Å². The van der Waals surface area contributed by atoms with Gasteiger partial charge in [0, 0.05) is 25.7 Å². The van der Waals surface area contributed by atoms with E-state index in [-0.39, 0.29) is 25.7 Å². The molecule has 0 radical (unpaired) electrons. The Morgan fingerprint density at radius 1 is 0.262 bits per heavy atom. The van der Waals surface area contributed by atoms with Gasteiger partial charge < -0.3 is 33.8 Å². The van der Waals surface area contributed by atoms with Gasteiger partial charge in [-0.3, -0.25) is 37.3 Å². The lowest BCUT2D eigenvalue weighted by Gasteiger charge is -2.21. The van der Waals surface area contributed by atoms with E-state index in [1.807, 2.05) is 0 Å². The van der Waals surface area contributed by atoms with E-state index in [2.05, 4.69) is 34.6 Å². The van der Waals surface area contributed by atoms with Crippen LogP contribution in [0.3, 0.4) is 0 Å². The first-order chi connectivity index (χ1) is 52.1. The van der Waals surface area contributed by atoms with Crippen molar-refractivity contribution in [3.05, 3.63) is 0 Å². The van der Waals surface area contributed by atoms with Crippen LogP contribution in [0.5, 0.6) is 0 Å². The van der Waals surface area contributed by atoms with Gasteiger partial charge in [-0.25, -0.2) is 9.13 Å². The zero-order valence-electron chi connectivity index (χ0n) is 70.3. The summed E-state index contributed by atoms with van der Waals surface area (Å²) in [5.41, 5.74) is 0. The van der Waals surface area contributed by atoms with E-state index in [1.165, 1.54) is 295 Å². The summed E-state index contributed by atoms with van der Waals surface area (Å²) in [6, 6.07) is 0. The minimum Gasteiger partial charge on any atom is -0.462 e. The molecule has 19 heteroatoms. The number of aliphatic hydroxyl groups excluding tert-OH is 1. The van der Waals surface area contributed by atoms with E-state index in [9.17, 15) is 43.2 Å². The van der Waals surface area contributed by atoms with Gasteiger partial charge in [0.25, 0.3) is 0 Å². The quantitative estimate of drug-likeness (QED) is 0.0222. The van der Waals surface area contributed by atoms with Crippen LogP contribution in [0.1, 0.15) is 478 Å². The van der Waals surface area contributed by atoms with Crippen LogP contribution in [0.2, 0.25) is 0 Å². The molecule has 0 saturated carbocycles. The maximum absolute atomic E-state index is 13.2. The number of carbonyl (C=O) groups is 4. The normalized spacial score (nSPS) is 14.0. The molecule has 3 unspecified atom stereocenters. The molecule has 0 fully saturated rings. The monoisotopic (exact) mass is 1560 g/mol. The lowest BCUT2D eigenvalue weighted by molar-refractivity contribution is -0.161. The summed E-state index contributed by atoms with van der Waals surface area (Å²) in [5, 5.41) is 10.7. The molecule has 0 aromatic carbocycles. The molecule has 0 aliphatic carbocycles. The second kappa shape index (κ2) is 80.7. The van der Waals surface area contributed by atoms with E-state index >= 15 is 0 Å². The number of hydrogen-bond donors (Lipinski definition) is 3. The van der Waals surface area contributed by atoms with Crippen LogP contribution in [0.15, 0.2) is 0 Å². The number of carbonyl (C=O) groups excluding carboxylic acids is 4. The van der Waals surface area contributed by atoms with Crippen molar-refractivity contribution in [1.29, 1.82) is 0 Å². The Balaban J connectivity index is 5.22. The van der Waals surface area contributed by atoms with E-state index in [4.69, 9.17) is 37.0 Å². The summed E-state index contributed by atoms with van der Waals surface area (Å²) in [6.45, 7) is 7.34. The Morgan fingerprint density at radius 3 is 0.664 bits per heavy atom. The Bertz CT molecular complexity index is 2030. The van der Waals surface area contributed by atoms with E-state index < -0.39 is 97.5 Å². The van der Waals surface area contributed by atoms with Gasteiger partial charge in [0.2, 0.25) is 0 Å². The highest BCUT2D eigenvalue weighted by Gasteiger charge is 2.30. The fourth-order valence-electron chi connectivity index (χ4n) is 13.8. The van der Waals surface area contributed by atoms with Crippen LogP contribution < -0.4 is 0 Å². The molecule has 0 heterocycles. The molecular weight excluding hydrogens is 1390 g/mol. The summed E-state index contributed by atoms with van der Waals surface area (Å²) in [6.07, 6.45) is 75.2. The Hall–Kier alpha value is -1.94. The molecule has 0 amide bonds. The minimum atomic E-state index is -4.97. The summed E-state index contributed by atoms with van der Waals surface area (Å²) < 4.78 is 69.0. The van der Waals surface area contributed by atoms with Crippen molar-refractivity contribution in [2.24, 2.45) is 5.92 Å². The fraction of sp³-hybridized carbons (Fsp3) is 0.955. The largest absolute Gasteiger partial charge is 0.472 e. The highest BCUT2D eigenvalue weighted by atomic mass is 31.2. The number of rotatable bonds is 88. The predicted octanol–water partition coefficient (Wildman–Crippen LogP) is 27.2. The van der Waals surface area contributed by atoms with E-state index in [0.29, 0.717) is 25.7 Å². The van der Waals surface area contributed by atoms with Crippen LogP contribution in [0.25, 0.3) is 0 Å². The average molecular weight is 1560 g/mol. The zero-order valence-corrected chi connectivity index (χ0v) is 72.1. The SMILES string of the molecule is CCCCCCCCCCCCCCCCCCCCCCCCC(=O)O[C@H](COC(=O)CCCCCCCCCCCCCCCCCCCC)COP(=O)(O)OC[C@@H](O)COP(=O)(O)OC[C@@H](COC(=O)CCCCCCCCC(C)CC)OC(=O)CCCCCCCCCCCCCCCCCCC. The molecule has 0 aromatic heterocycles. The Morgan fingerprint density at radius 2 is 0.449 bits per heavy atom. The van der Waals surface area contributed by atoms with Gasteiger partial charge in [0.05, 0.1) is 26.4 Å². The molecule has 0 saturated heterocycles. The van der Waals surface area contributed by atoms with Gasteiger partial charge in [-0.2, -0.15) is 0 Å². The summed E-state index contributed by atoms with van der Waals surface area (Å²) >= 11 is 0. The number of phosphoric ester groups is 2. The third-order valence-corrected chi connectivity index (χ3v) is 23.0. The first kappa shape index (κ1) is 105. The minimum absolute atomic E-state index is 0.108. The van der Waals surface area contributed by atoms with Gasteiger partial charge in [0.15, 0.2) is 12.2 Å². The van der Waals surface area contributed by atoms with Gasteiger partial charge >= 0.3 is 39.5 Å². The molecule has 0 aliphatic rings. The second-order valence-electron chi connectivity index (χ2n) is 31.9. The number of esters is 4. The van der Waals surface area contributed by atoms with E-state index in [1.54, 1.807) is 0 Å².